The highest BCUT2D eigenvalue weighted by atomic mass is 35.5. The summed E-state index contributed by atoms with van der Waals surface area (Å²) in [7, 11) is -3.67. The summed E-state index contributed by atoms with van der Waals surface area (Å²) in [4.78, 5) is 29.6. The third-order valence-corrected chi connectivity index (χ3v) is 5.25. The quantitative estimate of drug-likeness (QED) is 0.272. The number of nitrogens with one attached hydrogen (secondary N) is 2. The number of nitrogens with zero attached hydrogens (tertiary/aromatic N) is 2. The summed E-state index contributed by atoms with van der Waals surface area (Å²) in [6.07, 6.45) is 2.27. The molecule has 0 aliphatic rings. The highest BCUT2D eigenvalue weighted by Crippen LogP contribution is 2.32. The fourth-order valence-electron chi connectivity index (χ4n) is 3.45. The minimum atomic E-state index is -3.67. The second-order valence-electron chi connectivity index (χ2n) is 7.77. The van der Waals surface area contributed by atoms with E-state index in [1.165, 1.54) is 10.6 Å². The first-order chi connectivity index (χ1) is 17.4. The van der Waals surface area contributed by atoms with Crippen molar-refractivity contribution in [1.82, 2.24) is 9.55 Å². The number of aromatic nitrogens is 2. The van der Waals surface area contributed by atoms with Gasteiger partial charge < -0.3 is 20.9 Å². The van der Waals surface area contributed by atoms with Gasteiger partial charge in [-0.15, -0.1) is 0 Å². The summed E-state index contributed by atoms with van der Waals surface area (Å²) >= 11 is 6.29. The van der Waals surface area contributed by atoms with Gasteiger partial charge in [-0.2, -0.15) is 8.42 Å². The zero-order valence-corrected chi connectivity index (χ0v) is 21.3. The van der Waals surface area contributed by atoms with Crippen molar-refractivity contribution < 1.29 is 22.2 Å². The summed E-state index contributed by atoms with van der Waals surface area (Å²) < 4.78 is 42.0. The highest BCUT2D eigenvalue weighted by Gasteiger charge is 2.17. The van der Waals surface area contributed by atoms with Gasteiger partial charge in [0.05, 0.1) is 22.5 Å². The van der Waals surface area contributed by atoms with Crippen molar-refractivity contribution in [2.45, 2.75) is 13.5 Å². The van der Waals surface area contributed by atoms with Crippen LogP contribution in [0.15, 0.2) is 65.6 Å². The Morgan fingerprint density at radius 3 is 2.41 bits per heavy atom. The van der Waals surface area contributed by atoms with E-state index in [2.05, 4.69) is 15.6 Å². The Kier molecular flexibility index (Phi) is 8.48. The first kappa shape index (κ1) is 27.6. The first-order valence-electron chi connectivity index (χ1n) is 10.7. The molecular formula is C24H23ClFN5O5S. The molecule has 0 unspecified atom stereocenters. The molecular weight excluding hydrogens is 525 g/mol. The molecule has 0 spiro atoms. The van der Waals surface area contributed by atoms with Gasteiger partial charge in [0.15, 0.2) is 0 Å². The minimum absolute atomic E-state index is 0.0408. The van der Waals surface area contributed by atoms with Gasteiger partial charge in [0.25, 0.3) is 15.7 Å². The van der Waals surface area contributed by atoms with Gasteiger partial charge in [-0.3, -0.25) is 9.35 Å². The molecule has 10 nitrogen and oxygen atoms in total. The van der Waals surface area contributed by atoms with Crippen LogP contribution in [0.1, 0.15) is 6.92 Å². The zero-order chi connectivity index (χ0) is 27.3. The number of hydrogen-bond donors (Lipinski definition) is 4. The average Bonchev–Trinajstić information content (AvgIpc) is 2.80. The Hall–Kier alpha value is -4.00. The lowest BCUT2D eigenvalue weighted by atomic mass is 10.0. The van der Waals surface area contributed by atoms with E-state index in [0.29, 0.717) is 35.2 Å². The molecule has 4 aromatic rings. The average molecular weight is 548 g/mol. The first-order valence-corrected chi connectivity index (χ1v) is 12.9. The summed E-state index contributed by atoms with van der Waals surface area (Å²) in [5, 5.41) is 5.80. The molecule has 0 radical (unpaired) electrons. The number of aryl methyl sites for hydroxylation is 1. The standard InChI is InChI=1S/C23H19ClFN5O2.CH4O3S/c1-2-30-20-11-21(26)27-12-13(20)8-16(22(30)31)15-9-19(18(25)10-17(15)24)29-23(32)28-14-6-4-3-5-7-14;1-5(2,3)4/h3-12H,2H2,1H3,(H2,26,27)(H2,28,29,32);1H3,(H,2,3,4). The molecule has 2 amide bonds. The van der Waals surface area contributed by atoms with E-state index in [0.717, 1.165) is 6.07 Å². The van der Waals surface area contributed by atoms with E-state index in [1.807, 2.05) is 13.0 Å². The van der Waals surface area contributed by atoms with Gasteiger partial charge in [-0.05, 0) is 37.3 Å². The van der Waals surface area contributed by atoms with E-state index in [9.17, 15) is 22.4 Å². The van der Waals surface area contributed by atoms with Crippen LogP contribution in [0.5, 0.6) is 0 Å². The number of carbonyl (C=O) groups is 1. The minimum Gasteiger partial charge on any atom is -0.384 e. The van der Waals surface area contributed by atoms with Crippen LogP contribution in [0, 0.1) is 5.82 Å². The second kappa shape index (κ2) is 11.4. The van der Waals surface area contributed by atoms with E-state index in [-0.39, 0.29) is 27.4 Å². The van der Waals surface area contributed by atoms with Crippen LogP contribution < -0.4 is 21.9 Å². The summed E-state index contributed by atoms with van der Waals surface area (Å²) in [6.45, 7) is 2.21. The number of urea groups is 1. The molecule has 0 aliphatic carbocycles. The molecule has 0 aliphatic heterocycles. The smallest absolute Gasteiger partial charge is 0.323 e. The number of pyridine rings is 2. The van der Waals surface area contributed by atoms with Crippen molar-refractivity contribution >= 4 is 55.8 Å². The van der Waals surface area contributed by atoms with Crippen molar-refractivity contribution in [1.29, 1.82) is 0 Å². The van der Waals surface area contributed by atoms with Crippen LogP contribution in [0.2, 0.25) is 5.02 Å². The summed E-state index contributed by atoms with van der Waals surface area (Å²) in [6, 6.07) is 13.8. The maximum Gasteiger partial charge on any atom is 0.323 e. The van der Waals surface area contributed by atoms with E-state index >= 15 is 0 Å². The number of halogens is 2. The lowest BCUT2D eigenvalue weighted by Crippen LogP contribution is -2.22. The summed E-state index contributed by atoms with van der Waals surface area (Å²) in [5.74, 6) is -0.435. The molecule has 0 saturated carbocycles. The highest BCUT2D eigenvalue weighted by molar-refractivity contribution is 7.85. The molecule has 2 heterocycles. The normalized spacial score (nSPS) is 10.9. The molecule has 0 fully saturated rings. The van der Waals surface area contributed by atoms with Crippen molar-refractivity contribution in [2.24, 2.45) is 0 Å². The largest absolute Gasteiger partial charge is 0.384 e. The van der Waals surface area contributed by atoms with E-state index in [4.69, 9.17) is 21.9 Å². The van der Waals surface area contributed by atoms with Crippen molar-refractivity contribution in [3.05, 3.63) is 82.0 Å². The Morgan fingerprint density at radius 2 is 1.78 bits per heavy atom. The predicted octanol–water partition coefficient (Wildman–Crippen LogP) is 4.61. The van der Waals surface area contributed by atoms with E-state index < -0.39 is 22.0 Å². The number of fused-ring (bicyclic) bond motifs is 1. The van der Waals surface area contributed by atoms with Crippen LogP contribution in [-0.2, 0) is 16.7 Å². The molecule has 13 heteroatoms. The zero-order valence-electron chi connectivity index (χ0n) is 19.7. The third kappa shape index (κ3) is 7.26. The lowest BCUT2D eigenvalue weighted by Gasteiger charge is -2.14. The molecule has 2 aromatic heterocycles. The number of hydrogen-bond acceptors (Lipinski definition) is 6. The van der Waals surface area contributed by atoms with Gasteiger partial charge in [0.1, 0.15) is 11.6 Å². The molecule has 37 heavy (non-hydrogen) atoms. The van der Waals surface area contributed by atoms with Crippen LogP contribution in [-0.4, -0.2) is 34.8 Å². The molecule has 5 N–H and O–H groups in total. The second-order valence-corrected chi connectivity index (χ2v) is 9.64. The Labute approximate surface area is 216 Å². The van der Waals surface area contributed by atoms with Gasteiger partial charge in [-0.1, -0.05) is 29.8 Å². The molecule has 4 rings (SSSR count). The van der Waals surface area contributed by atoms with Crippen LogP contribution in [0.25, 0.3) is 22.0 Å². The Bertz CT molecular complexity index is 1620. The number of carbonyl (C=O) groups excluding carboxylic acids is 1. The van der Waals surface area contributed by atoms with Gasteiger partial charge >= 0.3 is 6.03 Å². The fraction of sp³-hybridized carbons (Fsp3) is 0.125. The number of nitrogen functional groups attached to an aromatic ring is 1. The fourth-order valence-corrected chi connectivity index (χ4v) is 3.70. The SMILES string of the molecule is CCn1c(=O)c(-c2cc(NC(=O)Nc3ccccc3)c(F)cc2Cl)cc2cnc(N)cc21.CS(=O)(=O)O. The Morgan fingerprint density at radius 1 is 1.14 bits per heavy atom. The van der Waals surface area contributed by atoms with Crippen LogP contribution in [0.3, 0.4) is 0 Å². The Balaban J connectivity index is 0.000000695. The predicted molar refractivity (Wildman–Crippen MR) is 143 cm³/mol. The number of amides is 2. The molecule has 0 saturated heterocycles. The number of benzene rings is 2. The lowest BCUT2D eigenvalue weighted by molar-refractivity contribution is 0.262. The third-order valence-electron chi connectivity index (χ3n) is 4.94. The molecule has 0 atom stereocenters. The maximum atomic E-state index is 14.6. The number of rotatable bonds is 4. The van der Waals surface area contributed by atoms with Gasteiger partial charge in [-0.25, -0.2) is 14.2 Å². The topological polar surface area (TPSA) is 156 Å². The van der Waals surface area contributed by atoms with Crippen molar-refractivity contribution in [3.63, 3.8) is 0 Å². The molecule has 194 valence electrons. The summed E-state index contributed by atoms with van der Waals surface area (Å²) in [5.41, 5.74) is 7.06. The number of nitrogens with two attached hydrogens (primary N) is 1. The van der Waals surface area contributed by atoms with Crippen molar-refractivity contribution in [2.75, 3.05) is 22.6 Å². The van der Waals surface area contributed by atoms with Gasteiger partial charge in [0.2, 0.25) is 0 Å². The monoisotopic (exact) mass is 547 g/mol. The van der Waals surface area contributed by atoms with E-state index in [1.54, 1.807) is 42.6 Å². The molecule has 2 aromatic carbocycles. The van der Waals surface area contributed by atoms with Crippen molar-refractivity contribution in [3.8, 4) is 11.1 Å². The maximum absolute atomic E-state index is 14.6. The van der Waals surface area contributed by atoms with Gasteiger partial charge in [0, 0.05) is 41.0 Å². The number of para-hydroxylation sites is 1. The van der Waals surface area contributed by atoms with Crippen LogP contribution >= 0.6 is 11.6 Å². The molecule has 0 bridgehead atoms. The number of anilines is 3. The van der Waals surface area contributed by atoms with Crippen LogP contribution in [0.4, 0.5) is 26.4 Å².